The quantitative estimate of drug-likeness (QED) is 0.827. The molecule has 0 aliphatic carbocycles. The van der Waals surface area contributed by atoms with Crippen LogP contribution in [0.25, 0.3) is 0 Å². The van der Waals surface area contributed by atoms with Crippen molar-refractivity contribution in [3.05, 3.63) is 52.9 Å². The second-order valence-electron chi connectivity index (χ2n) is 4.07. The van der Waals surface area contributed by atoms with Gasteiger partial charge in [-0.05, 0) is 12.5 Å². The van der Waals surface area contributed by atoms with Crippen LogP contribution < -0.4 is 11.1 Å². The van der Waals surface area contributed by atoms with E-state index in [2.05, 4.69) is 10.5 Å². The van der Waals surface area contributed by atoms with Crippen molar-refractivity contribution < 1.29 is 9.32 Å². The van der Waals surface area contributed by atoms with Gasteiger partial charge in [0.25, 0.3) is 5.91 Å². The summed E-state index contributed by atoms with van der Waals surface area (Å²) in [7, 11) is 0. The lowest BCUT2D eigenvalue weighted by Crippen LogP contribution is -2.23. The summed E-state index contributed by atoms with van der Waals surface area (Å²) in [5, 5.41) is 6.40. The Labute approximate surface area is 115 Å². The summed E-state index contributed by atoms with van der Waals surface area (Å²) in [5.74, 6) is 0.334. The van der Waals surface area contributed by atoms with E-state index in [0.717, 1.165) is 11.1 Å². The molecule has 0 spiro atoms. The number of hydrogen-bond acceptors (Lipinski definition) is 4. The maximum Gasteiger partial charge on any atom is 0.273 e. The van der Waals surface area contributed by atoms with Gasteiger partial charge in [0, 0.05) is 18.2 Å². The van der Waals surface area contributed by atoms with E-state index in [1.165, 1.54) is 0 Å². The van der Waals surface area contributed by atoms with E-state index in [-0.39, 0.29) is 11.6 Å². The van der Waals surface area contributed by atoms with Gasteiger partial charge in [0.2, 0.25) is 0 Å². The molecule has 1 heterocycles. The van der Waals surface area contributed by atoms with Crippen LogP contribution in [0.15, 0.2) is 34.9 Å². The molecular weight excluding hydrogens is 262 g/mol. The molecule has 0 aliphatic rings. The Hall–Kier alpha value is -2.21. The van der Waals surface area contributed by atoms with Gasteiger partial charge in [-0.2, -0.15) is 0 Å². The zero-order valence-corrected chi connectivity index (χ0v) is 11.2. The molecule has 3 N–H and O–H groups in total. The third-order valence-electron chi connectivity index (χ3n) is 2.55. The number of thiocarbonyl (C=S) groups is 1. The van der Waals surface area contributed by atoms with Gasteiger partial charge >= 0.3 is 0 Å². The van der Waals surface area contributed by atoms with Gasteiger partial charge < -0.3 is 15.6 Å². The Bertz CT molecular complexity index is 605. The van der Waals surface area contributed by atoms with Gasteiger partial charge in [0.05, 0.1) is 0 Å². The third kappa shape index (κ3) is 3.38. The molecule has 0 fully saturated rings. The fourth-order valence-corrected chi connectivity index (χ4v) is 1.67. The molecule has 0 saturated carbocycles. The molecule has 6 heteroatoms. The minimum Gasteiger partial charge on any atom is -0.389 e. The minimum absolute atomic E-state index is 0.268. The molecule has 19 heavy (non-hydrogen) atoms. The predicted octanol–water partition coefficient (Wildman–Crippen LogP) is 1.55. The molecule has 5 nitrogen and oxygen atoms in total. The molecule has 98 valence electrons. The zero-order valence-electron chi connectivity index (χ0n) is 10.3. The first-order valence-corrected chi connectivity index (χ1v) is 6.07. The average Bonchev–Trinajstić information content (AvgIpc) is 2.83. The first-order valence-electron chi connectivity index (χ1n) is 5.66. The van der Waals surface area contributed by atoms with Crippen LogP contribution in [-0.2, 0) is 6.54 Å². The van der Waals surface area contributed by atoms with Crippen LogP contribution in [0.2, 0.25) is 0 Å². The Morgan fingerprint density at radius 1 is 1.42 bits per heavy atom. The van der Waals surface area contributed by atoms with Crippen LogP contribution >= 0.6 is 12.2 Å². The third-order valence-corrected chi connectivity index (χ3v) is 2.79. The van der Waals surface area contributed by atoms with Gasteiger partial charge in [-0.3, -0.25) is 4.79 Å². The number of nitrogens with zero attached hydrogens (tertiary/aromatic N) is 1. The second kappa shape index (κ2) is 5.62. The number of rotatable bonds is 4. The summed E-state index contributed by atoms with van der Waals surface area (Å²) >= 11 is 4.87. The summed E-state index contributed by atoms with van der Waals surface area (Å²) in [6.07, 6.45) is 0. The van der Waals surface area contributed by atoms with Crippen molar-refractivity contribution in [2.45, 2.75) is 13.5 Å². The average molecular weight is 275 g/mol. The Balaban J connectivity index is 1.95. The van der Waals surface area contributed by atoms with Crippen molar-refractivity contribution in [3.63, 3.8) is 0 Å². The van der Waals surface area contributed by atoms with Gasteiger partial charge in [-0.15, -0.1) is 0 Å². The van der Waals surface area contributed by atoms with Crippen LogP contribution in [0.4, 0.5) is 0 Å². The van der Waals surface area contributed by atoms with Gasteiger partial charge in [-0.1, -0.05) is 41.6 Å². The standard InChI is InChI=1S/C13H13N3O2S/c1-8-6-11(16-18-8)13(17)15-7-9-2-4-10(5-3-9)12(14)19/h2-6H,7H2,1H3,(H2,14,19)(H,15,17). The Kier molecular flexibility index (Phi) is 3.91. The molecule has 0 radical (unpaired) electrons. The van der Waals surface area contributed by atoms with E-state index >= 15 is 0 Å². The summed E-state index contributed by atoms with van der Waals surface area (Å²) < 4.78 is 4.84. The largest absolute Gasteiger partial charge is 0.389 e. The highest BCUT2D eigenvalue weighted by molar-refractivity contribution is 7.80. The molecule has 1 aromatic carbocycles. The molecule has 0 bridgehead atoms. The number of nitrogens with two attached hydrogens (primary N) is 1. The highest BCUT2D eigenvalue weighted by Gasteiger charge is 2.10. The number of benzene rings is 1. The number of aromatic nitrogens is 1. The van der Waals surface area contributed by atoms with Crippen LogP contribution in [0, 0.1) is 6.92 Å². The summed E-state index contributed by atoms with van der Waals surface area (Å²) in [4.78, 5) is 12.1. The van der Waals surface area contributed by atoms with E-state index in [4.69, 9.17) is 22.5 Å². The van der Waals surface area contributed by atoms with Gasteiger partial charge in [0.15, 0.2) is 5.69 Å². The smallest absolute Gasteiger partial charge is 0.273 e. The summed E-state index contributed by atoms with van der Waals surface area (Å²) in [6, 6.07) is 8.96. The number of carbonyl (C=O) groups is 1. The van der Waals surface area contributed by atoms with Crippen LogP contribution in [-0.4, -0.2) is 16.1 Å². The molecule has 0 saturated heterocycles. The lowest BCUT2D eigenvalue weighted by atomic mass is 10.1. The molecule has 0 aliphatic heterocycles. The fraction of sp³-hybridized carbons (Fsp3) is 0.154. The maximum absolute atomic E-state index is 11.7. The van der Waals surface area contributed by atoms with Crippen molar-refractivity contribution in [2.24, 2.45) is 5.73 Å². The van der Waals surface area contributed by atoms with Crippen molar-refractivity contribution in [1.29, 1.82) is 0 Å². The lowest BCUT2D eigenvalue weighted by molar-refractivity contribution is 0.0942. The van der Waals surface area contributed by atoms with Crippen LogP contribution in [0.1, 0.15) is 27.4 Å². The molecule has 0 atom stereocenters. The van der Waals surface area contributed by atoms with Gasteiger partial charge in [-0.25, -0.2) is 0 Å². The van der Waals surface area contributed by atoms with Crippen molar-refractivity contribution in [2.75, 3.05) is 0 Å². The number of carbonyl (C=O) groups excluding carboxylic acids is 1. The van der Waals surface area contributed by atoms with E-state index in [9.17, 15) is 4.79 Å². The molecule has 2 aromatic rings. The van der Waals surface area contributed by atoms with Crippen LogP contribution in [0.3, 0.4) is 0 Å². The zero-order chi connectivity index (χ0) is 13.8. The molecule has 1 amide bonds. The molecule has 1 aromatic heterocycles. The first kappa shape index (κ1) is 13.2. The lowest BCUT2D eigenvalue weighted by Gasteiger charge is -2.04. The van der Waals surface area contributed by atoms with Crippen molar-refractivity contribution >= 4 is 23.1 Å². The van der Waals surface area contributed by atoms with E-state index < -0.39 is 0 Å². The number of hydrogen-bond donors (Lipinski definition) is 2. The predicted molar refractivity (Wildman–Crippen MR) is 74.7 cm³/mol. The SMILES string of the molecule is Cc1cc(C(=O)NCc2ccc(C(N)=S)cc2)no1. The molecular formula is C13H13N3O2S. The Morgan fingerprint density at radius 2 is 2.11 bits per heavy atom. The highest BCUT2D eigenvalue weighted by atomic mass is 32.1. The van der Waals surface area contributed by atoms with E-state index in [0.29, 0.717) is 17.3 Å². The van der Waals surface area contributed by atoms with E-state index in [1.54, 1.807) is 13.0 Å². The molecule has 0 unspecified atom stereocenters. The topological polar surface area (TPSA) is 81.2 Å². The highest BCUT2D eigenvalue weighted by Crippen LogP contribution is 2.05. The fourth-order valence-electron chi connectivity index (χ4n) is 1.53. The Morgan fingerprint density at radius 3 is 2.63 bits per heavy atom. The minimum atomic E-state index is -0.268. The van der Waals surface area contributed by atoms with Crippen LogP contribution in [0.5, 0.6) is 0 Å². The normalized spacial score (nSPS) is 10.2. The van der Waals surface area contributed by atoms with Gasteiger partial charge in [0.1, 0.15) is 10.7 Å². The monoisotopic (exact) mass is 275 g/mol. The van der Waals surface area contributed by atoms with Crippen molar-refractivity contribution in [3.8, 4) is 0 Å². The number of aryl methyl sites for hydroxylation is 1. The number of nitrogens with one attached hydrogen (secondary N) is 1. The summed E-state index contributed by atoms with van der Waals surface area (Å²) in [5.41, 5.74) is 7.54. The second-order valence-corrected chi connectivity index (χ2v) is 4.51. The number of amides is 1. The maximum atomic E-state index is 11.7. The summed E-state index contributed by atoms with van der Waals surface area (Å²) in [6.45, 7) is 2.14. The van der Waals surface area contributed by atoms with E-state index in [1.807, 2.05) is 24.3 Å². The van der Waals surface area contributed by atoms with Crippen molar-refractivity contribution in [1.82, 2.24) is 10.5 Å². The first-order chi connectivity index (χ1) is 9.06. The molecule has 2 rings (SSSR count).